The number of hydrogen-bond donors (Lipinski definition) is 1. The van der Waals surface area contributed by atoms with Gasteiger partial charge in [-0.3, -0.25) is 4.79 Å². The molecule has 0 fully saturated rings. The topological polar surface area (TPSA) is 73.9 Å². The molecule has 1 aliphatic rings. The van der Waals surface area contributed by atoms with E-state index in [0.717, 1.165) is 0 Å². The molecule has 1 aromatic carbocycles. The van der Waals surface area contributed by atoms with Crippen LogP contribution in [0.1, 0.15) is 26.3 Å². The number of rotatable bonds is 6. The highest BCUT2D eigenvalue weighted by molar-refractivity contribution is 6.32. The third-order valence-corrected chi connectivity index (χ3v) is 3.88. The lowest BCUT2D eigenvalue weighted by atomic mass is 10.1. The van der Waals surface area contributed by atoms with Crippen molar-refractivity contribution in [2.75, 3.05) is 13.4 Å². The Balaban J connectivity index is 1.85. The Kier molecular flexibility index (Phi) is 6.09. The summed E-state index contributed by atoms with van der Waals surface area (Å²) >= 11 is 6.06. The van der Waals surface area contributed by atoms with Crippen molar-refractivity contribution in [3.63, 3.8) is 0 Å². The monoisotopic (exact) mass is 353 g/mol. The van der Waals surface area contributed by atoms with Gasteiger partial charge in [-0.2, -0.15) is 0 Å². The molecule has 0 saturated heterocycles. The number of ether oxygens (including phenoxy) is 3. The molecule has 1 N–H and O–H groups in total. The summed E-state index contributed by atoms with van der Waals surface area (Å²) in [4.78, 5) is 23.3. The number of esters is 1. The Bertz CT molecular complexity index is 657. The summed E-state index contributed by atoms with van der Waals surface area (Å²) in [5.74, 6) is 0.380. The zero-order valence-electron chi connectivity index (χ0n) is 13.8. The van der Waals surface area contributed by atoms with Gasteiger partial charge in [0.1, 0.15) is 0 Å². The van der Waals surface area contributed by atoms with Gasteiger partial charge in [-0.1, -0.05) is 25.4 Å². The number of benzene rings is 1. The van der Waals surface area contributed by atoms with Gasteiger partial charge in [0, 0.05) is 12.1 Å². The maximum atomic E-state index is 11.7. The van der Waals surface area contributed by atoms with Crippen LogP contribution < -0.4 is 14.8 Å². The Morgan fingerprint density at radius 2 is 2.08 bits per heavy atom. The number of nitrogens with one attached hydrogen (secondary N) is 1. The van der Waals surface area contributed by atoms with E-state index < -0.39 is 5.97 Å². The second kappa shape index (κ2) is 8.06. The van der Waals surface area contributed by atoms with Gasteiger partial charge < -0.3 is 19.5 Å². The molecular weight excluding hydrogens is 334 g/mol. The molecule has 2 rings (SSSR count). The van der Waals surface area contributed by atoms with E-state index >= 15 is 0 Å². The van der Waals surface area contributed by atoms with Crippen molar-refractivity contribution in [2.24, 2.45) is 5.92 Å². The molecule has 0 spiro atoms. The molecule has 24 heavy (non-hydrogen) atoms. The first-order valence-electron chi connectivity index (χ1n) is 7.60. The van der Waals surface area contributed by atoms with E-state index in [1.807, 2.05) is 20.8 Å². The van der Waals surface area contributed by atoms with E-state index in [1.54, 1.807) is 12.1 Å². The van der Waals surface area contributed by atoms with Crippen molar-refractivity contribution in [1.82, 2.24) is 5.32 Å². The van der Waals surface area contributed by atoms with Gasteiger partial charge in [-0.05, 0) is 36.6 Å². The van der Waals surface area contributed by atoms with Gasteiger partial charge in [0.2, 0.25) is 6.79 Å². The van der Waals surface area contributed by atoms with Crippen LogP contribution in [0.3, 0.4) is 0 Å². The number of halogens is 1. The van der Waals surface area contributed by atoms with E-state index in [2.05, 4.69) is 5.32 Å². The second-order valence-corrected chi connectivity index (χ2v) is 6.18. The maximum absolute atomic E-state index is 11.7. The molecule has 0 aliphatic carbocycles. The fourth-order valence-electron chi connectivity index (χ4n) is 1.89. The average Bonchev–Trinajstić information content (AvgIpc) is 2.99. The Morgan fingerprint density at radius 3 is 2.79 bits per heavy atom. The maximum Gasteiger partial charge on any atom is 0.331 e. The van der Waals surface area contributed by atoms with Crippen LogP contribution in [0.4, 0.5) is 0 Å². The van der Waals surface area contributed by atoms with Crippen molar-refractivity contribution in [3.8, 4) is 11.5 Å². The summed E-state index contributed by atoms with van der Waals surface area (Å²) in [6.07, 6.45) is 2.76. The van der Waals surface area contributed by atoms with Crippen molar-refractivity contribution in [1.29, 1.82) is 0 Å². The number of amides is 1. The zero-order chi connectivity index (χ0) is 17.7. The van der Waals surface area contributed by atoms with E-state index in [-0.39, 0.29) is 25.3 Å². The number of carbonyl (C=O) groups is 2. The van der Waals surface area contributed by atoms with E-state index in [0.29, 0.717) is 28.0 Å². The van der Waals surface area contributed by atoms with E-state index in [1.165, 1.54) is 12.2 Å². The van der Waals surface area contributed by atoms with Crippen LogP contribution in [0, 0.1) is 5.92 Å². The van der Waals surface area contributed by atoms with Gasteiger partial charge >= 0.3 is 5.97 Å². The van der Waals surface area contributed by atoms with Crippen molar-refractivity contribution < 1.29 is 23.8 Å². The molecule has 0 unspecified atom stereocenters. The predicted octanol–water partition coefficient (Wildman–Crippen LogP) is 2.79. The molecule has 1 aliphatic heterocycles. The molecule has 0 saturated carbocycles. The minimum absolute atomic E-state index is 0.0162. The normalized spacial score (nSPS) is 14.0. The average molecular weight is 354 g/mol. The minimum atomic E-state index is -0.615. The van der Waals surface area contributed by atoms with E-state index in [9.17, 15) is 9.59 Å². The SMILES string of the molecule is CC(C)[C@@H](C)NC(=O)COC(=O)/C=C/c1cc(Cl)c2c(c1)OCO2. The fraction of sp³-hybridized carbons (Fsp3) is 0.412. The van der Waals surface area contributed by atoms with Gasteiger partial charge in [-0.15, -0.1) is 0 Å². The molecular formula is C17H20ClNO5. The van der Waals surface area contributed by atoms with Crippen LogP contribution in [0.5, 0.6) is 11.5 Å². The molecule has 1 atom stereocenters. The lowest BCUT2D eigenvalue weighted by Crippen LogP contribution is -2.38. The highest BCUT2D eigenvalue weighted by atomic mass is 35.5. The standard InChI is InChI=1S/C17H20ClNO5/c1-10(2)11(3)19-15(20)8-22-16(21)5-4-12-6-13(18)17-14(7-12)23-9-24-17/h4-7,10-11H,8-9H2,1-3H3,(H,19,20)/b5-4+/t11-/m1/s1. The molecule has 1 aromatic rings. The third kappa shape index (κ3) is 4.89. The largest absolute Gasteiger partial charge is 0.454 e. The van der Waals surface area contributed by atoms with Crippen LogP contribution in [0.25, 0.3) is 6.08 Å². The fourth-order valence-corrected chi connectivity index (χ4v) is 2.17. The Morgan fingerprint density at radius 1 is 1.33 bits per heavy atom. The summed E-state index contributed by atoms with van der Waals surface area (Å²) in [7, 11) is 0. The first-order valence-corrected chi connectivity index (χ1v) is 7.98. The third-order valence-electron chi connectivity index (χ3n) is 3.60. The summed E-state index contributed by atoms with van der Waals surface area (Å²) < 4.78 is 15.4. The first kappa shape index (κ1) is 18.1. The van der Waals surface area contributed by atoms with Gasteiger partial charge in [-0.25, -0.2) is 4.79 Å². The van der Waals surface area contributed by atoms with Crippen LogP contribution in [0.15, 0.2) is 18.2 Å². The first-order chi connectivity index (χ1) is 11.4. The number of fused-ring (bicyclic) bond motifs is 1. The van der Waals surface area contributed by atoms with Crippen molar-refractivity contribution in [3.05, 3.63) is 28.8 Å². The van der Waals surface area contributed by atoms with E-state index in [4.69, 9.17) is 25.8 Å². The van der Waals surface area contributed by atoms with Crippen LogP contribution in [-0.2, 0) is 14.3 Å². The summed E-state index contributed by atoms with van der Waals surface area (Å²) in [5.41, 5.74) is 0.666. The lowest BCUT2D eigenvalue weighted by Gasteiger charge is -2.16. The Labute approximate surface area is 145 Å². The molecule has 130 valence electrons. The minimum Gasteiger partial charge on any atom is -0.454 e. The molecule has 0 aromatic heterocycles. The van der Waals surface area contributed by atoms with Crippen LogP contribution in [0.2, 0.25) is 5.02 Å². The van der Waals surface area contributed by atoms with Crippen LogP contribution >= 0.6 is 11.6 Å². The molecule has 1 amide bonds. The molecule has 0 bridgehead atoms. The van der Waals surface area contributed by atoms with Crippen molar-refractivity contribution in [2.45, 2.75) is 26.8 Å². The highest BCUT2D eigenvalue weighted by Gasteiger charge is 2.17. The Hall–Kier alpha value is -2.21. The molecule has 0 radical (unpaired) electrons. The van der Waals surface area contributed by atoms with Crippen LogP contribution in [-0.4, -0.2) is 31.3 Å². The molecule has 6 nitrogen and oxygen atoms in total. The summed E-state index contributed by atoms with van der Waals surface area (Å²) in [5, 5.41) is 3.16. The summed E-state index contributed by atoms with van der Waals surface area (Å²) in [6.45, 7) is 5.69. The second-order valence-electron chi connectivity index (χ2n) is 5.78. The smallest absolute Gasteiger partial charge is 0.331 e. The lowest BCUT2D eigenvalue weighted by molar-refractivity contribution is -0.144. The van der Waals surface area contributed by atoms with Crippen molar-refractivity contribution >= 4 is 29.6 Å². The van der Waals surface area contributed by atoms with Gasteiger partial charge in [0.25, 0.3) is 5.91 Å². The van der Waals surface area contributed by atoms with Gasteiger partial charge in [0.15, 0.2) is 18.1 Å². The number of carbonyl (C=O) groups excluding carboxylic acids is 2. The van der Waals surface area contributed by atoms with Gasteiger partial charge in [0.05, 0.1) is 5.02 Å². The number of hydrogen-bond acceptors (Lipinski definition) is 5. The molecule has 1 heterocycles. The quantitative estimate of drug-likeness (QED) is 0.628. The molecule has 7 heteroatoms. The summed E-state index contributed by atoms with van der Waals surface area (Å²) in [6, 6.07) is 3.37. The zero-order valence-corrected chi connectivity index (χ0v) is 14.6. The highest BCUT2D eigenvalue weighted by Crippen LogP contribution is 2.40. The predicted molar refractivity (Wildman–Crippen MR) is 90.0 cm³/mol.